The van der Waals surface area contributed by atoms with E-state index in [2.05, 4.69) is 11.9 Å². The van der Waals surface area contributed by atoms with Crippen LogP contribution in [0.4, 0.5) is 0 Å². The summed E-state index contributed by atoms with van der Waals surface area (Å²) in [6, 6.07) is 9.91. The number of aromatic nitrogens is 1. The third-order valence-electron chi connectivity index (χ3n) is 3.55. The molecule has 1 aromatic carbocycles. The smallest absolute Gasteiger partial charge is 0.0946 e. The molecule has 92 valence electrons. The van der Waals surface area contributed by atoms with Crippen LogP contribution in [0.3, 0.4) is 0 Å². The average Bonchev–Trinajstić information content (AvgIpc) is 2.37. The van der Waals surface area contributed by atoms with Crippen molar-refractivity contribution < 1.29 is 4.74 Å². The van der Waals surface area contributed by atoms with Gasteiger partial charge in [-0.3, -0.25) is 4.98 Å². The highest BCUT2D eigenvalue weighted by Crippen LogP contribution is 2.41. The monoisotopic (exact) mass is 259 g/mol. The van der Waals surface area contributed by atoms with Crippen molar-refractivity contribution in [3.8, 4) is 11.1 Å². The quantitative estimate of drug-likeness (QED) is 0.812. The van der Waals surface area contributed by atoms with Crippen LogP contribution in [-0.4, -0.2) is 11.6 Å². The van der Waals surface area contributed by atoms with Gasteiger partial charge in [0.25, 0.3) is 0 Å². The highest BCUT2D eigenvalue weighted by atomic mass is 35.5. The molecular weight excluding hydrogens is 246 g/mol. The zero-order chi connectivity index (χ0) is 12.6. The fourth-order valence-electron chi connectivity index (χ4n) is 2.32. The predicted molar refractivity (Wildman–Crippen MR) is 72.6 cm³/mol. The number of hydrogen-bond acceptors (Lipinski definition) is 2. The van der Waals surface area contributed by atoms with Crippen LogP contribution < -0.4 is 0 Å². The Kier molecular flexibility index (Phi) is 2.84. The Morgan fingerprint density at radius 3 is 2.56 bits per heavy atom. The van der Waals surface area contributed by atoms with Crippen LogP contribution in [-0.2, 0) is 10.3 Å². The van der Waals surface area contributed by atoms with Gasteiger partial charge in [-0.25, -0.2) is 0 Å². The highest BCUT2D eigenvalue weighted by molar-refractivity contribution is 6.30. The molecule has 0 bridgehead atoms. The van der Waals surface area contributed by atoms with E-state index >= 15 is 0 Å². The van der Waals surface area contributed by atoms with E-state index < -0.39 is 0 Å². The van der Waals surface area contributed by atoms with Crippen molar-refractivity contribution in [3.05, 3.63) is 53.3 Å². The third kappa shape index (κ3) is 1.92. The van der Waals surface area contributed by atoms with Crippen molar-refractivity contribution in [1.82, 2.24) is 4.98 Å². The first kappa shape index (κ1) is 11.7. The summed E-state index contributed by atoms with van der Waals surface area (Å²) in [6.45, 7) is 2.94. The van der Waals surface area contributed by atoms with Crippen LogP contribution in [0.5, 0.6) is 0 Å². The Morgan fingerprint density at radius 1 is 1.22 bits per heavy atom. The molecule has 0 amide bonds. The minimum Gasteiger partial charge on any atom is -0.370 e. The molecule has 2 nitrogen and oxygen atoms in total. The number of nitrogens with zero attached hydrogens (tertiary/aromatic N) is 1. The van der Waals surface area contributed by atoms with Gasteiger partial charge in [0, 0.05) is 29.4 Å². The van der Waals surface area contributed by atoms with Crippen LogP contribution in [0.15, 0.2) is 42.7 Å². The van der Waals surface area contributed by atoms with Gasteiger partial charge in [0.15, 0.2) is 0 Å². The lowest BCUT2D eigenvalue weighted by Crippen LogP contribution is -2.38. The van der Waals surface area contributed by atoms with Gasteiger partial charge in [-0.1, -0.05) is 23.7 Å². The molecule has 1 unspecified atom stereocenters. The lowest BCUT2D eigenvalue weighted by atomic mass is 9.84. The van der Waals surface area contributed by atoms with E-state index in [1.165, 1.54) is 5.56 Å². The first-order valence-corrected chi connectivity index (χ1v) is 6.41. The Morgan fingerprint density at radius 2 is 1.94 bits per heavy atom. The fraction of sp³-hybridized carbons (Fsp3) is 0.267. The van der Waals surface area contributed by atoms with Crippen molar-refractivity contribution in [3.63, 3.8) is 0 Å². The molecule has 2 heterocycles. The molecule has 0 N–H and O–H groups in total. The van der Waals surface area contributed by atoms with Crippen LogP contribution in [0.2, 0.25) is 5.02 Å². The first-order valence-electron chi connectivity index (χ1n) is 6.03. The van der Waals surface area contributed by atoms with E-state index in [1.54, 1.807) is 0 Å². The standard InChI is InChI=1S/C15H14ClNO/c1-15(7-9-18-15)14-10-17-8-6-13(14)11-2-4-12(16)5-3-11/h2-6,8,10H,7,9H2,1H3. The molecule has 1 aromatic heterocycles. The number of pyridine rings is 1. The van der Waals surface area contributed by atoms with E-state index in [9.17, 15) is 0 Å². The fourth-order valence-corrected chi connectivity index (χ4v) is 2.44. The van der Waals surface area contributed by atoms with Gasteiger partial charge in [-0.05, 0) is 36.2 Å². The number of rotatable bonds is 2. The van der Waals surface area contributed by atoms with Crippen LogP contribution in [0, 0.1) is 0 Å². The Labute approximate surface area is 112 Å². The minimum atomic E-state index is -0.191. The average molecular weight is 260 g/mol. The summed E-state index contributed by atoms with van der Waals surface area (Å²) in [5.41, 5.74) is 3.28. The van der Waals surface area contributed by atoms with E-state index in [0.29, 0.717) is 0 Å². The molecule has 1 atom stereocenters. The van der Waals surface area contributed by atoms with Crippen LogP contribution >= 0.6 is 11.6 Å². The second-order valence-corrected chi connectivity index (χ2v) is 5.19. The van der Waals surface area contributed by atoms with E-state index in [0.717, 1.165) is 29.2 Å². The van der Waals surface area contributed by atoms with Crippen molar-refractivity contribution in [2.24, 2.45) is 0 Å². The summed E-state index contributed by atoms with van der Waals surface area (Å²) in [6.07, 6.45) is 4.76. The molecule has 0 aliphatic carbocycles. The normalized spacial score (nSPS) is 22.6. The van der Waals surface area contributed by atoms with Crippen LogP contribution in [0.1, 0.15) is 18.9 Å². The Bertz CT molecular complexity index is 561. The van der Waals surface area contributed by atoms with Gasteiger partial charge in [0.1, 0.15) is 0 Å². The molecule has 1 aliphatic rings. The molecule has 1 aliphatic heterocycles. The Balaban J connectivity index is 2.09. The molecule has 1 fully saturated rings. The van der Waals surface area contributed by atoms with Crippen molar-refractivity contribution in [1.29, 1.82) is 0 Å². The van der Waals surface area contributed by atoms with E-state index in [1.807, 2.05) is 42.7 Å². The lowest BCUT2D eigenvalue weighted by molar-refractivity contribution is -0.140. The topological polar surface area (TPSA) is 22.1 Å². The van der Waals surface area contributed by atoms with Crippen molar-refractivity contribution >= 4 is 11.6 Å². The van der Waals surface area contributed by atoms with Gasteiger partial charge in [-0.15, -0.1) is 0 Å². The minimum absolute atomic E-state index is 0.191. The van der Waals surface area contributed by atoms with Gasteiger partial charge >= 0.3 is 0 Å². The van der Waals surface area contributed by atoms with Crippen molar-refractivity contribution in [2.45, 2.75) is 18.9 Å². The SMILES string of the molecule is CC1(c2cnccc2-c2ccc(Cl)cc2)CCO1. The summed E-state index contributed by atoms with van der Waals surface area (Å²) in [4.78, 5) is 4.23. The molecule has 0 spiro atoms. The molecule has 1 saturated heterocycles. The largest absolute Gasteiger partial charge is 0.370 e. The molecule has 0 saturated carbocycles. The molecule has 2 aromatic rings. The summed E-state index contributed by atoms with van der Waals surface area (Å²) >= 11 is 5.93. The van der Waals surface area contributed by atoms with Crippen LogP contribution in [0.25, 0.3) is 11.1 Å². The molecule has 3 rings (SSSR count). The maximum atomic E-state index is 5.93. The Hall–Kier alpha value is -1.38. The van der Waals surface area contributed by atoms with Gasteiger partial charge in [0.2, 0.25) is 0 Å². The number of benzene rings is 1. The van der Waals surface area contributed by atoms with E-state index in [-0.39, 0.29) is 5.60 Å². The van der Waals surface area contributed by atoms with Gasteiger partial charge < -0.3 is 4.74 Å². The third-order valence-corrected chi connectivity index (χ3v) is 3.80. The summed E-state index contributed by atoms with van der Waals surface area (Å²) < 4.78 is 5.72. The predicted octanol–water partition coefficient (Wildman–Crippen LogP) is 4.04. The van der Waals surface area contributed by atoms with Gasteiger partial charge in [-0.2, -0.15) is 0 Å². The summed E-state index contributed by atoms with van der Waals surface area (Å²) in [5, 5.41) is 0.750. The summed E-state index contributed by atoms with van der Waals surface area (Å²) in [7, 11) is 0. The molecule has 3 heteroatoms. The maximum Gasteiger partial charge on any atom is 0.0946 e. The zero-order valence-corrected chi connectivity index (χ0v) is 10.9. The van der Waals surface area contributed by atoms with Crippen molar-refractivity contribution in [2.75, 3.05) is 6.61 Å². The van der Waals surface area contributed by atoms with E-state index in [4.69, 9.17) is 16.3 Å². The zero-order valence-electron chi connectivity index (χ0n) is 10.2. The number of halogens is 1. The second kappa shape index (κ2) is 4.38. The first-order chi connectivity index (χ1) is 8.69. The van der Waals surface area contributed by atoms with Gasteiger partial charge in [0.05, 0.1) is 12.2 Å². The lowest BCUT2D eigenvalue weighted by Gasteiger charge is -2.40. The summed E-state index contributed by atoms with van der Waals surface area (Å²) in [5.74, 6) is 0. The maximum absolute atomic E-state index is 5.93. The number of ether oxygens (including phenoxy) is 1. The molecular formula is C15H14ClNO. The molecule has 0 radical (unpaired) electrons. The molecule has 18 heavy (non-hydrogen) atoms. The highest BCUT2D eigenvalue weighted by Gasteiger charge is 2.37. The second-order valence-electron chi connectivity index (χ2n) is 4.76. The number of hydrogen-bond donors (Lipinski definition) is 0.